The fourth-order valence-electron chi connectivity index (χ4n) is 2.01. The summed E-state index contributed by atoms with van der Waals surface area (Å²) < 4.78 is 6.66. The molecule has 0 aliphatic carbocycles. The van der Waals surface area contributed by atoms with Gasteiger partial charge in [-0.3, -0.25) is 4.79 Å². The van der Waals surface area contributed by atoms with Gasteiger partial charge in [-0.1, -0.05) is 48.8 Å². The van der Waals surface area contributed by atoms with Crippen molar-refractivity contribution in [3.8, 4) is 11.5 Å². The summed E-state index contributed by atoms with van der Waals surface area (Å²) in [6.07, 6.45) is 1.88. The molecule has 0 bridgehead atoms. The van der Waals surface area contributed by atoms with Crippen molar-refractivity contribution in [3.63, 3.8) is 0 Å². The molecular formula is C18H19BrO2. The second kappa shape index (κ2) is 6.44. The molecule has 0 saturated carbocycles. The zero-order chi connectivity index (χ0) is 15.5. The minimum atomic E-state index is 0.157. The van der Waals surface area contributed by atoms with E-state index in [2.05, 4.69) is 48.8 Å². The molecular weight excluding hydrogens is 328 g/mol. The number of carbonyl (C=O) groups excluding carboxylic acids is 1. The Labute approximate surface area is 134 Å². The third-order valence-corrected chi connectivity index (χ3v) is 4.34. The lowest BCUT2D eigenvalue weighted by molar-refractivity contribution is 0.112. The van der Waals surface area contributed by atoms with Gasteiger partial charge in [0.25, 0.3) is 0 Å². The standard InChI is InChI=1S/C18H19BrO2/c1-4-18(2,3)14-5-8-16(9-6-14)21-17-10-7-15(19)11-13(17)12-20/h5-12H,4H2,1-3H3. The monoisotopic (exact) mass is 346 g/mol. The van der Waals surface area contributed by atoms with Gasteiger partial charge in [0.15, 0.2) is 6.29 Å². The second-order valence-electron chi connectivity index (χ2n) is 5.66. The van der Waals surface area contributed by atoms with Gasteiger partial charge in [0.2, 0.25) is 0 Å². The van der Waals surface area contributed by atoms with Gasteiger partial charge in [-0.15, -0.1) is 0 Å². The van der Waals surface area contributed by atoms with Gasteiger partial charge in [-0.25, -0.2) is 0 Å². The normalized spacial score (nSPS) is 11.2. The van der Waals surface area contributed by atoms with E-state index in [-0.39, 0.29) is 5.41 Å². The minimum absolute atomic E-state index is 0.157. The zero-order valence-electron chi connectivity index (χ0n) is 12.5. The number of hydrogen-bond acceptors (Lipinski definition) is 2. The Hall–Kier alpha value is -1.61. The first-order valence-electron chi connectivity index (χ1n) is 6.99. The van der Waals surface area contributed by atoms with Crippen molar-refractivity contribution in [2.24, 2.45) is 0 Å². The molecule has 2 nitrogen and oxygen atoms in total. The molecule has 2 rings (SSSR count). The molecule has 0 unspecified atom stereocenters. The Morgan fingerprint density at radius 2 is 1.81 bits per heavy atom. The van der Waals surface area contributed by atoms with Crippen LogP contribution in [0.2, 0.25) is 0 Å². The molecule has 0 N–H and O–H groups in total. The van der Waals surface area contributed by atoms with Crippen LogP contribution in [0.4, 0.5) is 0 Å². The van der Waals surface area contributed by atoms with Crippen molar-refractivity contribution in [3.05, 3.63) is 58.1 Å². The fraction of sp³-hybridized carbons (Fsp3) is 0.278. The lowest BCUT2D eigenvalue weighted by Gasteiger charge is -2.23. The lowest BCUT2D eigenvalue weighted by Crippen LogP contribution is -2.14. The van der Waals surface area contributed by atoms with Crippen LogP contribution in [0.25, 0.3) is 0 Å². The predicted octanol–water partition coefficient (Wildman–Crippen LogP) is 5.74. The van der Waals surface area contributed by atoms with E-state index >= 15 is 0 Å². The van der Waals surface area contributed by atoms with Crippen molar-refractivity contribution in [2.45, 2.75) is 32.6 Å². The minimum Gasteiger partial charge on any atom is -0.457 e. The first kappa shape index (κ1) is 15.8. The van der Waals surface area contributed by atoms with Crippen LogP contribution in [0.3, 0.4) is 0 Å². The summed E-state index contributed by atoms with van der Waals surface area (Å²) in [5.74, 6) is 1.30. The Bertz CT molecular complexity index is 630. The molecule has 110 valence electrons. The topological polar surface area (TPSA) is 26.3 Å². The van der Waals surface area contributed by atoms with Crippen molar-refractivity contribution < 1.29 is 9.53 Å². The average molecular weight is 347 g/mol. The summed E-state index contributed by atoms with van der Waals surface area (Å²) >= 11 is 3.35. The molecule has 0 aliphatic heterocycles. The first-order valence-corrected chi connectivity index (χ1v) is 7.78. The van der Waals surface area contributed by atoms with E-state index in [9.17, 15) is 4.79 Å². The summed E-state index contributed by atoms with van der Waals surface area (Å²) in [6.45, 7) is 6.63. The van der Waals surface area contributed by atoms with E-state index in [1.165, 1.54) is 5.56 Å². The van der Waals surface area contributed by atoms with Crippen molar-refractivity contribution in [1.29, 1.82) is 0 Å². The maximum absolute atomic E-state index is 11.1. The van der Waals surface area contributed by atoms with Crippen LogP contribution in [0.1, 0.15) is 43.1 Å². The number of ether oxygens (including phenoxy) is 1. The van der Waals surface area contributed by atoms with Gasteiger partial charge in [-0.2, -0.15) is 0 Å². The molecule has 0 radical (unpaired) electrons. The Balaban J connectivity index is 2.23. The highest BCUT2D eigenvalue weighted by Gasteiger charge is 2.17. The molecule has 21 heavy (non-hydrogen) atoms. The highest BCUT2D eigenvalue weighted by molar-refractivity contribution is 9.10. The number of carbonyl (C=O) groups is 1. The maximum Gasteiger partial charge on any atom is 0.153 e. The first-order chi connectivity index (χ1) is 9.96. The van der Waals surface area contributed by atoms with Gasteiger partial charge < -0.3 is 4.74 Å². The van der Waals surface area contributed by atoms with E-state index in [0.717, 1.165) is 22.9 Å². The van der Waals surface area contributed by atoms with E-state index in [4.69, 9.17) is 4.74 Å². The predicted molar refractivity (Wildman–Crippen MR) is 89.4 cm³/mol. The number of aldehydes is 1. The van der Waals surface area contributed by atoms with Crippen LogP contribution in [0.5, 0.6) is 11.5 Å². The smallest absolute Gasteiger partial charge is 0.153 e. The highest BCUT2D eigenvalue weighted by atomic mass is 79.9. The third kappa shape index (κ3) is 3.73. The SMILES string of the molecule is CCC(C)(C)c1ccc(Oc2ccc(Br)cc2C=O)cc1. The van der Waals surface area contributed by atoms with Crippen molar-refractivity contribution in [2.75, 3.05) is 0 Å². The largest absolute Gasteiger partial charge is 0.457 e. The van der Waals surface area contributed by atoms with Gasteiger partial charge in [0, 0.05) is 4.47 Å². The van der Waals surface area contributed by atoms with E-state index in [1.807, 2.05) is 18.2 Å². The second-order valence-corrected chi connectivity index (χ2v) is 6.58. The molecule has 0 saturated heterocycles. The maximum atomic E-state index is 11.1. The van der Waals surface area contributed by atoms with E-state index < -0.39 is 0 Å². The number of halogens is 1. The molecule has 0 atom stereocenters. The highest BCUT2D eigenvalue weighted by Crippen LogP contribution is 2.31. The van der Waals surface area contributed by atoms with Crippen molar-refractivity contribution in [1.82, 2.24) is 0 Å². The summed E-state index contributed by atoms with van der Waals surface area (Å²) in [4.78, 5) is 11.1. The van der Waals surface area contributed by atoms with Gasteiger partial charge >= 0.3 is 0 Å². The Kier molecular flexibility index (Phi) is 4.84. The molecule has 2 aromatic rings. The Morgan fingerprint density at radius 1 is 1.14 bits per heavy atom. The molecule has 0 amide bonds. The lowest BCUT2D eigenvalue weighted by atomic mass is 9.82. The summed E-state index contributed by atoms with van der Waals surface area (Å²) in [5, 5.41) is 0. The average Bonchev–Trinajstić information content (AvgIpc) is 2.49. The number of benzene rings is 2. The zero-order valence-corrected chi connectivity index (χ0v) is 14.1. The molecule has 0 fully saturated rings. The van der Waals surface area contributed by atoms with Gasteiger partial charge in [0.05, 0.1) is 5.56 Å². The van der Waals surface area contributed by atoms with Crippen LogP contribution >= 0.6 is 15.9 Å². The molecule has 3 heteroatoms. The quantitative estimate of drug-likeness (QED) is 0.645. The summed E-state index contributed by atoms with van der Waals surface area (Å²) in [5.41, 5.74) is 1.97. The molecule has 0 heterocycles. The number of hydrogen-bond donors (Lipinski definition) is 0. The molecule has 0 aliphatic rings. The van der Waals surface area contributed by atoms with Crippen LogP contribution < -0.4 is 4.74 Å². The van der Waals surface area contributed by atoms with Gasteiger partial charge in [0.1, 0.15) is 11.5 Å². The van der Waals surface area contributed by atoms with Crippen LogP contribution in [0, 0.1) is 0 Å². The Morgan fingerprint density at radius 3 is 2.38 bits per heavy atom. The van der Waals surface area contributed by atoms with E-state index in [1.54, 1.807) is 12.1 Å². The van der Waals surface area contributed by atoms with Crippen LogP contribution in [-0.2, 0) is 5.41 Å². The summed E-state index contributed by atoms with van der Waals surface area (Å²) in [6, 6.07) is 13.5. The van der Waals surface area contributed by atoms with Crippen LogP contribution in [0.15, 0.2) is 46.9 Å². The van der Waals surface area contributed by atoms with Crippen molar-refractivity contribution >= 4 is 22.2 Å². The summed E-state index contributed by atoms with van der Waals surface area (Å²) in [7, 11) is 0. The van der Waals surface area contributed by atoms with E-state index in [0.29, 0.717) is 11.3 Å². The molecule has 2 aromatic carbocycles. The van der Waals surface area contributed by atoms with Crippen LogP contribution in [-0.4, -0.2) is 6.29 Å². The number of rotatable bonds is 5. The third-order valence-electron chi connectivity index (χ3n) is 3.85. The van der Waals surface area contributed by atoms with Gasteiger partial charge in [-0.05, 0) is 47.7 Å². The molecule has 0 spiro atoms. The molecule has 0 aromatic heterocycles. The fourth-order valence-corrected chi connectivity index (χ4v) is 2.39.